The smallest absolute Gasteiger partial charge is 0.163 e. The molecule has 1 unspecified atom stereocenters. The van der Waals surface area contributed by atoms with Crippen molar-refractivity contribution in [3.8, 4) is 0 Å². The zero-order chi connectivity index (χ0) is 9.84. The lowest BCUT2D eigenvalue weighted by Gasteiger charge is -2.11. The predicted octanol–water partition coefficient (Wildman–Crippen LogP) is 2.10. The minimum Gasteiger partial charge on any atom is -0.369 e. The molecule has 1 aromatic carbocycles. The molecule has 0 spiro atoms. The highest BCUT2D eigenvalue weighted by atomic mass is 19.1. The fraction of sp³-hybridized carbons (Fsp3) is 0.300. The minimum absolute atomic E-state index is 0.131. The summed E-state index contributed by atoms with van der Waals surface area (Å²) < 4.78 is 17.7. The normalized spacial score (nSPS) is 12.5. The molecule has 1 atom stereocenters. The van der Waals surface area contributed by atoms with Gasteiger partial charge < -0.3 is 4.74 Å². The lowest BCUT2D eigenvalue weighted by molar-refractivity contribution is -0.126. The van der Waals surface area contributed by atoms with Crippen LogP contribution in [0.4, 0.5) is 4.39 Å². The van der Waals surface area contributed by atoms with Crippen LogP contribution in [0.5, 0.6) is 0 Å². The number of ether oxygens (including phenoxy) is 1. The lowest BCUT2D eigenvalue weighted by Crippen LogP contribution is -2.10. The monoisotopic (exact) mass is 182 g/mol. The molecule has 0 aliphatic heterocycles. The van der Waals surface area contributed by atoms with Crippen LogP contribution in [0, 0.1) is 5.82 Å². The molecule has 1 aromatic rings. The summed E-state index contributed by atoms with van der Waals surface area (Å²) >= 11 is 0. The van der Waals surface area contributed by atoms with E-state index in [0.717, 1.165) is 0 Å². The fourth-order valence-corrected chi connectivity index (χ4v) is 1.21. The van der Waals surface area contributed by atoms with Crippen molar-refractivity contribution >= 4 is 5.78 Å². The van der Waals surface area contributed by atoms with Gasteiger partial charge in [-0.1, -0.05) is 12.1 Å². The van der Waals surface area contributed by atoms with Gasteiger partial charge in [0.15, 0.2) is 5.78 Å². The zero-order valence-corrected chi connectivity index (χ0v) is 7.58. The SMILES string of the molecule is COC(C(C)=O)c1cccc(F)c1. The first-order valence-corrected chi connectivity index (χ1v) is 3.94. The van der Waals surface area contributed by atoms with Gasteiger partial charge in [0.25, 0.3) is 0 Å². The third-order valence-electron chi connectivity index (χ3n) is 1.76. The van der Waals surface area contributed by atoms with Gasteiger partial charge in [-0.3, -0.25) is 4.79 Å². The highest BCUT2D eigenvalue weighted by molar-refractivity contribution is 5.81. The largest absolute Gasteiger partial charge is 0.369 e. The number of benzene rings is 1. The van der Waals surface area contributed by atoms with Gasteiger partial charge in [0, 0.05) is 7.11 Å². The molecule has 0 bridgehead atoms. The first kappa shape index (κ1) is 9.86. The molecule has 0 aromatic heterocycles. The van der Waals surface area contributed by atoms with E-state index in [1.54, 1.807) is 12.1 Å². The fourth-order valence-electron chi connectivity index (χ4n) is 1.21. The van der Waals surface area contributed by atoms with E-state index in [2.05, 4.69) is 0 Å². The number of rotatable bonds is 3. The van der Waals surface area contributed by atoms with Crippen LogP contribution >= 0.6 is 0 Å². The maximum atomic E-state index is 12.8. The number of ketones is 1. The molecular weight excluding hydrogens is 171 g/mol. The summed E-state index contributed by atoms with van der Waals surface area (Å²) in [6.45, 7) is 1.42. The Morgan fingerprint density at radius 1 is 1.54 bits per heavy atom. The van der Waals surface area contributed by atoms with Crippen LogP contribution in [0.3, 0.4) is 0 Å². The Hall–Kier alpha value is -1.22. The molecule has 2 nitrogen and oxygen atoms in total. The molecule has 0 N–H and O–H groups in total. The molecule has 3 heteroatoms. The number of halogens is 1. The second-order valence-electron chi connectivity index (χ2n) is 2.78. The van der Waals surface area contributed by atoms with Crippen LogP contribution in [0.15, 0.2) is 24.3 Å². The van der Waals surface area contributed by atoms with E-state index in [4.69, 9.17) is 4.74 Å². The Morgan fingerprint density at radius 3 is 2.69 bits per heavy atom. The Morgan fingerprint density at radius 2 is 2.23 bits per heavy atom. The lowest BCUT2D eigenvalue weighted by atomic mass is 10.1. The summed E-state index contributed by atoms with van der Waals surface area (Å²) in [4.78, 5) is 11.0. The van der Waals surface area contributed by atoms with Crippen LogP contribution in [-0.4, -0.2) is 12.9 Å². The number of methoxy groups -OCH3 is 1. The van der Waals surface area contributed by atoms with E-state index in [-0.39, 0.29) is 11.6 Å². The summed E-state index contributed by atoms with van der Waals surface area (Å²) in [5.74, 6) is -0.492. The van der Waals surface area contributed by atoms with Crippen LogP contribution in [0.1, 0.15) is 18.6 Å². The van der Waals surface area contributed by atoms with Gasteiger partial charge in [0.05, 0.1) is 0 Å². The van der Waals surface area contributed by atoms with Crippen molar-refractivity contribution in [2.45, 2.75) is 13.0 Å². The van der Waals surface area contributed by atoms with Gasteiger partial charge in [-0.05, 0) is 24.6 Å². The molecule has 1 rings (SSSR count). The predicted molar refractivity (Wildman–Crippen MR) is 46.8 cm³/mol. The van der Waals surface area contributed by atoms with Crippen molar-refractivity contribution in [2.75, 3.05) is 7.11 Å². The standard InChI is InChI=1S/C10H11FO2/c1-7(12)10(13-2)8-4-3-5-9(11)6-8/h3-6,10H,1-2H3. The molecule has 0 saturated carbocycles. The molecular formula is C10H11FO2. The molecule has 0 aliphatic rings. The molecule has 0 amide bonds. The van der Waals surface area contributed by atoms with E-state index >= 15 is 0 Å². The highest BCUT2D eigenvalue weighted by Crippen LogP contribution is 2.17. The second-order valence-corrected chi connectivity index (χ2v) is 2.78. The van der Waals surface area contributed by atoms with Gasteiger partial charge in [-0.25, -0.2) is 4.39 Å². The summed E-state index contributed by atoms with van der Waals surface area (Å²) in [7, 11) is 1.43. The molecule has 0 heterocycles. The molecule has 0 radical (unpaired) electrons. The average molecular weight is 182 g/mol. The maximum absolute atomic E-state index is 12.8. The van der Waals surface area contributed by atoms with Gasteiger partial charge in [-0.15, -0.1) is 0 Å². The topological polar surface area (TPSA) is 26.3 Å². The van der Waals surface area contributed by atoms with Gasteiger partial charge in [-0.2, -0.15) is 0 Å². The van der Waals surface area contributed by atoms with Crippen molar-refractivity contribution in [1.29, 1.82) is 0 Å². The number of carbonyl (C=O) groups excluding carboxylic acids is 1. The molecule has 70 valence electrons. The Labute approximate surface area is 76.3 Å². The van der Waals surface area contributed by atoms with Gasteiger partial charge in [0.2, 0.25) is 0 Å². The number of hydrogen-bond acceptors (Lipinski definition) is 2. The maximum Gasteiger partial charge on any atom is 0.163 e. The quantitative estimate of drug-likeness (QED) is 0.715. The third-order valence-corrected chi connectivity index (χ3v) is 1.76. The van der Waals surface area contributed by atoms with Crippen LogP contribution in [0.25, 0.3) is 0 Å². The average Bonchev–Trinajstić information content (AvgIpc) is 2.04. The van der Waals surface area contributed by atoms with E-state index < -0.39 is 6.10 Å². The van der Waals surface area contributed by atoms with Crippen LogP contribution in [-0.2, 0) is 9.53 Å². The van der Waals surface area contributed by atoms with Gasteiger partial charge in [0.1, 0.15) is 11.9 Å². The highest BCUT2D eigenvalue weighted by Gasteiger charge is 2.15. The first-order valence-electron chi connectivity index (χ1n) is 3.94. The minimum atomic E-state index is -0.657. The van der Waals surface area contributed by atoms with Gasteiger partial charge >= 0.3 is 0 Å². The Bertz CT molecular complexity index is 310. The molecule has 0 aliphatic carbocycles. The molecule has 13 heavy (non-hydrogen) atoms. The summed E-state index contributed by atoms with van der Waals surface area (Å²) in [5, 5.41) is 0. The second kappa shape index (κ2) is 4.14. The number of carbonyl (C=O) groups is 1. The van der Waals surface area contributed by atoms with Crippen molar-refractivity contribution in [3.05, 3.63) is 35.6 Å². The van der Waals surface area contributed by atoms with Crippen LogP contribution in [0.2, 0.25) is 0 Å². The number of hydrogen-bond donors (Lipinski definition) is 0. The third kappa shape index (κ3) is 2.36. The Kier molecular flexibility index (Phi) is 3.14. The first-order chi connectivity index (χ1) is 6.15. The summed E-state index contributed by atoms with van der Waals surface area (Å²) in [6, 6.07) is 5.85. The van der Waals surface area contributed by atoms with E-state index in [1.165, 1.54) is 26.2 Å². The molecule has 0 fully saturated rings. The summed E-state index contributed by atoms with van der Waals surface area (Å²) in [6.07, 6.45) is -0.657. The van der Waals surface area contributed by atoms with E-state index in [1.807, 2.05) is 0 Å². The summed E-state index contributed by atoms with van der Waals surface area (Å²) in [5.41, 5.74) is 0.551. The van der Waals surface area contributed by atoms with Crippen molar-refractivity contribution in [3.63, 3.8) is 0 Å². The van der Waals surface area contributed by atoms with Crippen molar-refractivity contribution in [2.24, 2.45) is 0 Å². The van der Waals surface area contributed by atoms with Crippen molar-refractivity contribution < 1.29 is 13.9 Å². The Balaban J connectivity index is 2.98. The molecule has 0 saturated heterocycles. The van der Waals surface area contributed by atoms with Crippen LogP contribution < -0.4 is 0 Å². The van der Waals surface area contributed by atoms with E-state index in [0.29, 0.717) is 5.56 Å². The number of Topliss-reactive ketones (excluding diaryl/α,β-unsaturated/α-hetero) is 1. The van der Waals surface area contributed by atoms with Crippen molar-refractivity contribution in [1.82, 2.24) is 0 Å². The van der Waals surface area contributed by atoms with E-state index in [9.17, 15) is 9.18 Å². The zero-order valence-electron chi connectivity index (χ0n) is 7.58.